The number of benzene rings is 1. The normalized spacial score (nSPS) is 10.1. The highest BCUT2D eigenvalue weighted by Gasteiger charge is 2.03. The van der Waals surface area contributed by atoms with Gasteiger partial charge < -0.3 is 10.1 Å². The van der Waals surface area contributed by atoms with Crippen molar-refractivity contribution in [3.05, 3.63) is 24.0 Å². The van der Waals surface area contributed by atoms with Crippen LogP contribution in [-0.2, 0) is 0 Å². The quantitative estimate of drug-likeness (QED) is 0.736. The summed E-state index contributed by atoms with van der Waals surface area (Å²) < 4.78 is 30.2. The maximum absolute atomic E-state index is 13.3. The Kier molecular flexibility index (Phi) is 4.87. The Morgan fingerprint density at radius 3 is 2.80 bits per heavy atom. The molecule has 1 aromatic carbocycles. The van der Waals surface area contributed by atoms with Crippen LogP contribution in [0, 0.1) is 5.82 Å². The molecule has 1 rings (SSSR count). The summed E-state index contributed by atoms with van der Waals surface area (Å²) in [5.41, 5.74) is 0.643. The molecule has 0 fully saturated rings. The first kappa shape index (κ1) is 11.8. The number of nitrogens with one attached hydrogen (secondary N) is 1. The maximum atomic E-state index is 13.3. The van der Waals surface area contributed by atoms with Gasteiger partial charge in [-0.1, -0.05) is 0 Å². The van der Waals surface area contributed by atoms with Crippen molar-refractivity contribution in [2.75, 3.05) is 25.1 Å². The summed E-state index contributed by atoms with van der Waals surface area (Å²) in [7, 11) is 0. The molecule has 84 valence electrons. The Labute approximate surface area is 88.3 Å². The number of rotatable bonds is 6. The Balaban J connectivity index is 2.56. The van der Waals surface area contributed by atoms with Crippen LogP contribution in [0.15, 0.2) is 18.2 Å². The van der Waals surface area contributed by atoms with Gasteiger partial charge in [0, 0.05) is 18.3 Å². The Hall–Kier alpha value is -1.32. The second-order valence-corrected chi connectivity index (χ2v) is 3.05. The lowest BCUT2D eigenvalue weighted by atomic mass is 10.3. The molecule has 0 radical (unpaired) electrons. The summed E-state index contributed by atoms with van der Waals surface area (Å²) in [6, 6.07) is 4.63. The van der Waals surface area contributed by atoms with E-state index in [9.17, 15) is 8.78 Å². The Bertz CT molecular complexity index is 305. The van der Waals surface area contributed by atoms with Gasteiger partial charge in [0.25, 0.3) is 0 Å². The van der Waals surface area contributed by atoms with Gasteiger partial charge in [-0.05, 0) is 25.5 Å². The van der Waals surface area contributed by atoms with Gasteiger partial charge in [-0.2, -0.15) is 0 Å². The topological polar surface area (TPSA) is 21.3 Å². The fourth-order valence-electron chi connectivity index (χ4n) is 1.18. The molecular weight excluding hydrogens is 200 g/mol. The van der Waals surface area contributed by atoms with E-state index in [4.69, 9.17) is 4.74 Å². The van der Waals surface area contributed by atoms with Crippen molar-refractivity contribution in [3.8, 4) is 5.75 Å². The molecule has 4 heteroatoms. The molecule has 0 aromatic heterocycles. The van der Waals surface area contributed by atoms with Gasteiger partial charge in [-0.25, -0.2) is 4.39 Å². The van der Waals surface area contributed by atoms with Crippen molar-refractivity contribution < 1.29 is 13.5 Å². The first-order chi connectivity index (χ1) is 7.27. The SMILES string of the molecule is CCOc1ccc(NCCCF)cc1F. The summed E-state index contributed by atoms with van der Waals surface area (Å²) in [5, 5.41) is 2.92. The van der Waals surface area contributed by atoms with Gasteiger partial charge in [0.1, 0.15) is 0 Å². The van der Waals surface area contributed by atoms with Crippen LogP contribution in [0.3, 0.4) is 0 Å². The molecule has 0 amide bonds. The van der Waals surface area contributed by atoms with E-state index in [-0.39, 0.29) is 12.4 Å². The molecule has 0 aliphatic heterocycles. The van der Waals surface area contributed by atoms with E-state index in [1.165, 1.54) is 6.07 Å². The summed E-state index contributed by atoms with van der Waals surface area (Å²) >= 11 is 0. The lowest BCUT2D eigenvalue weighted by molar-refractivity contribution is 0.321. The van der Waals surface area contributed by atoms with Crippen LogP contribution in [0.25, 0.3) is 0 Å². The molecule has 2 nitrogen and oxygen atoms in total. The highest BCUT2D eigenvalue weighted by molar-refractivity contribution is 5.47. The zero-order chi connectivity index (χ0) is 11.1. The molecule has 0 aliphatic rings. The lowest BCUT2D eigenvalue weighted by Gasteiger charge is -2.08. The largest absolute Gasteiger partial charge is 0.491 e. The van der Waals surface area contributed by atoms with Crippen LogP contribution >= 0.6 is 0 Å². The molecule has 0 heterocycles. The second kappa shape index (κ2) is 6.22. The molecule has 0 atom stereocenters. The van der Waals surface area contributed by atoms with E-state index in [0.717, 1.165) is 0 Å². The highest BCUT2D eigenvalue weighted by Crippen LogP contribution is 2.20. The molecule has 1 N–H and O–H groups in total. The minimum Gasteiger partial charge on any atom is -0.491 e. The first-order valence-electron chi connectivity index (χ1n) is 5.00. The average Bonchev–Trinajstić information content (AvgIpc) is 2.23. The highest BCUT2D eigenvalue weighted by atomic mass is 19.1. The number of hydrogen-bond acceptors (Lipinski definition) is 2. The van der Waals surface area contributed by atoms with Crippen molar-refractivity contribution in [1.29, 1.82) is 0 Å². The van der Waals surface area contributed by atoms with Crippen LogP contribution in [0.4, 0.5) is 14.5 Å². The summed E-state index contributed by atoms with van der Waals surface area (Å²) in [6.07, 6.45) is 0.425. The fourth-order valence-corrected chi connectivity index (χ4v) is 1.18. The molecule has 0 saturated carbocycles. The predicted molar refractivity (Wildman–Crippen MR) is 56.7 cm³/mol. The monoisotopic (exact) mass is 215 g/mol. The third kappa shape index (κ3) is 3.73. The van der Waals surface area contributed by atoms with Crippen LogP contribution in [0.5, 0.6) is 5.75 Å². The van der Waals surface area contributed by atoms with Crippen molar-refractivity contribution in [2.24, 2.45) is 0 Å². The van der Waals surface area contributed by atoms with Crippen molar-refractivity contribution in [3.63, 3.8) is 0 Å². The third-order valence-electron chi connectivity index (χ3n) is 1.87. The number of hydrogen-bond donors (Lipinski definition) is 1. The number of alkyl halides is 1. The number of halogens is 2. The van der Waals surface area contributed by atoms with E-state index < -0.39 is 5.82 Å². The average molecular weight is 215 g/mol. The summed E-state index contributed by atoms with van der Waals surface area (Å²) in [6.45, 7) is 2.37. The molecule has 0 saturated heterocycles. The van der Waals surface area contributed by atoms with E-state index >= 15 is 0 Å². The van der Waals surface area contributed by atoms with Crippen molar-refractivity contribution in [2.45, 2.75) is 13.3 Å². The predicted octanol–water partition coefficient (Wildman–Crippen LogP) is 3.00. The Morgan fingerprint density at radius 1 is 1.40 bits per heavy atom. The number of ether oxygens (including phenoxy) is 1. The van der Waals surface area contributed by atoms with Crippen molar-refractivity contribution in [1.82, 2.24) is 0 Å². The van der Waals surface area contributed by atoms with Crippen molar-refractivity contribution >= 4 is 5.69 Å². The first-order valence-corrected chi connectivity index (χ1v) is 5.00. The minimum atomic E-state index is -0.401. The maximum Gasteiger partial charge on any atom is 0.167 e. The minimum absolute atomic E-state index is 0.244. The van der Waals surface area contributed by atoms with Gasteiger partial charge in [0.05, 0.1) is 13.3 Å². The van der Waals surface area contributed by atoms with Gasteiger partial charge >= 0.3 is 0 Å². The van der Waals surface area contributed by atoms with Crippen LogP contribution < -0.4 is 10.1 Å². The molecule has 0 unspecified atom stereocenters. The van der Waals surface area contributed by atoms with E-state index in [2.05, 4.69) is 5.32 Å². The lowest BCUT2D eigenvalue weighted by Crippen LogP contribution is -2.03. The molecule has 15 heavy (non-hydrogen) atoms. The fraction of sp³-hybridized carbons (Fsp3) is 0.455. The van der Waals surface area contributed by atoms with Crippen LogP contribution in [0.2, 0.25) is 0 Å². The van der Waals surface area contributed by atoms with Gasteiger partial charge in [0.15, 0.2) is 11.6 Å². The summed E-state index contributed by atoms with van der Waals surface area (Å²) in [5.74, 6) is -0.157. The zero-order valence-electron chi connectivity index (χ0n) is 8.72. The number of anilines is 1. The standard InChI is InChI=1S/C11H15F2NO/c1-2-15-11-5-4-9(8-10(11)13)14-7-3-6-12/h4-5,8,14H,2-3,6-7H2,1H3. The van der Waals surface area contributed by atoms with Crippen LogP contribution in [-0.4, -0.2) is 19.8 Å². The molecule has 0 spiro atoms. The smallest absolute Gasteiger partial charge is 0.167 e. The molecule has 0 bridgehead atoms. The molecular formula is C11H15F2NO. The summed E-state index contributed by atoms with van der Waals surface area (Å²) in [4.78, 5) is 0. The van der Waals surface area contributed by atoms with Gasteiger partial charge in [-0.3, -0.25) is 4.39 Å². The zero-order valence-corrected chi connectivity index (χ0v) is 8.72. The van der Waals surface area contributed by atoms with Crippen LogP contribution in [0.1, 0.15) is 13.3 Å². The molecule has 1 aromatic rings. The van der Waals surface area contributed by atoms with Gasteiger partial charge in [0.2, 0.25) is 0 Å². The second-order valence-electron chi connectivity index (χ2n) is 3.05. The third-order valence-corrected chi connectivity index (χ3v) is 1.87. The van der Waals surface area contributed by atoms with E-state index in [0.29, 0.717) is 25.3 Å². The van der Waals surface area contributed by atoms with Gasteiger partial charge in [-0.15, -0.1) is 0 Å². The molecule has 0 aliphatic carbocycles. The van der Waals surface area contributed by atoms with E-state index in [1.54, 1.807) is 19.1 Å². The Morgan fingerprint density at radius 2 is 2.20 bits per heavy atom. The van der Waals surface area contributed by atoms with E-state index in [1.807, 2.05) is 0 Å².